The molecule has 0 amide bonds. The third kappa shape index (κ3) is 3.94. The van der Waals surface area contributed by atoms with E-state index in [9.17, 15) is 4.21 Å². The van der Waals surface area contributed by atoms with E-state index in [1.54, 1.807) is 12.1 Å². The van der Waals surface area contributed by atoms with Crippen molar-refractivity contribution >= 4 is 11.1 Å². The van der Waals surface area contributed by atoms with Gasteiger partial charge in [-0.05, 0) is 19.1 Å². The minimum absolute atomic E-state index is 0. The van der Waals surface area contributed by atoms with E-state index in [1.165, 1.54) is 0 Å². The summed E-state index contributed by atoms with van der Waals surface area (Å²) in [5, 5.41) is 0. The summed E-state index contributed by atoms with van der Waals surface area (Å²) >= 11 is -1.84. The smallest absolute Gasteiger partial charge is 1.00 e. The van der Waals surface area contributed by atoms with Crippen molar-refractivity contribution in [3.8, 4) is 0 Å². The molecule has 0 saturated carbocycles. The van der Waals surface area contributed by atoms with E-state index >= 15 is 0 Å². The van der Waals surface area contributed by atoms with Gasteiger partial charge in [-0.2, -0.15) is 0 Å². The van der Waals surface area contributed by atoms with Crippen molar-refractivity contribution < 1.29 is 61.6 Å². The molecule has 0 aliphatic rings. The largest absolute Gasteiger partial charge is 1.00 e. The van der Waals surface area contributed by atoms with Crippen molar-refractivity contribution in [2.75, 3.05) is 0 Å². The van der Waals surface area contributed by atoms with Gasteiger partial charge < -0.3 is 5.98 Å². The molecule has 2 nitrogen and oxygen atoms in total. The Morgan fingerprint density at radius 1 is 1.36 bits per heavy atom. The summed E-state index contributed by atoms with van der Waals surface area (Å²) < 4.78 is 19.0. The Morgan fingerprint density at radius 2 is 1.82 bits per heavy atom. The fourth-order valence-electron chi connectivity index (χ4n) is 0.655. The Bertz CT molecular complexity index is 250. The van der Waals surface area contributed by atoms with Crippen molar-refractivity contribution in [3.63, 3.8) is 0 Å². The molecule has 0 bridgehead atoms. The predicted molar refractivity (Wildman–Crippen MR) is 41.3 cm³/mol. The SMILES string of the molecule is Cc1ccc(S(=O)O)cc1.[H-].[K+]. The first-order chi connectivity index (χ1) is 4.70. The summed E-state index contributed by atoms with van der Waals surface area (Å²) in [6.07, 6.45) is 0. The molecule has 1 aromatic rings. The molecule has 1 atom stereocenters. The molecular weight excluding hydrogens is 187 g/mol. The van der Waals surface area contributed by atoms with Crippen LogP contribution in [0.4, 0.5) is 0 Å². The van der Waals surface area contributed by atoms with Gasteiger partial charge in [-0.15, -0.1) is 0 Å². The molecule has 4 heteroatoms. The Balaban J connectivity index is 0. The normalized spacial score (nSPS) is 11.8. The molecule has 0 aromatic heterocycles. The molecular formula is C7H9KO2S. The molecule has 0 aliphatic heterocycles. The molecule has 11 heavy (non-hydrogen) atoms. The van der Waals surface area contributed by atoms with Crippen molar-refractivity contribution in [1.82, 2.24) is 0 Å². The summed E-state index contributed by atoms with van der Waals surface area (Å²) in [6, 6.07) is 6.91. The fourth-order valence-corrected chi connectivity index (χ4v) is 1.02. The van der Waals surface area contributed by atoms with Crippen molar-refractivity contribution in [2.24, 2.45) is 0 Å². The van der Waals surface area contributed by atoms with Gasteiger partial charge in [0.25, 0.3) is 0 Å². The van der Waals surface area contributed by atoms with Crippen LogP contribution in [0.25, 0.3) is 0 Å². The van der Waals surface area contributed by atoms with Crippen molar-refractivity contribution in [1.29, 1.82) is 0 Å². The van der Waals surface area contributed by atoms with E-state index in [0.717, 1.165) is 5.56 Å². The number of hydrogen-bond donors (Lipinski definition) is 1. The Labute approximate surface area is 113 Å². The van der Waals surface area contributed by atoms with E-state index in [2.05, 4.69) is 0 Å². The number of aryl methyl sites for hydroxylation is 1. The zero-order chi connectivity index (χ0) is 7.56. The summed E-state index contributed by atoms with van der Waals surface area (Å²) in [5.41, 5.74) is 1.09. The van der Waals surface area contributed by atoms with E-state index in [4.69, 9.17) is 4.55 Å². The Hall–Kier alpha value is 0.966. The molecule has 1 unspecified atom stereocenters. The first-order valence-corrected chi connectivity index (χ1v) is 3.98. The van der Waals surface area contributed by atoms with Crippen LogP contribution in [-0.2, 0) is 11.1 Å². The summed E-state index contributed by atoms with van der Waals surface area (Å²) in [4.78, 5) is 0.450. The van der Waals surface area contributed by atoms with Crippen LogP contribution in [0.15, 0.2) is 29.2 Å². The molecule has 0 spiro atoms. The quantitative estimate of drug-likeness (QED) is 0.447. The average molecular weight is 196 g/mol. The van der Waals surface area contributed by atoms with Crippen LogP contribution in [0.2, 0.25) is 0 Å². The van der Waals surface area contributed by atoms with E-state index in [-0.39, 0.29) is 52.8 Å². The summed E-state index contributed by atoms with van der Waals surface area (Å²) in [6.45, 7) is 1.93. The molecule has 0 radical (unpaired) electrons. The second-order valence-corrected chi connectivity index (χ2v) is 3.03. The van der Waals surface area contributed by atoms with Crippen molar-refractivity contribution in [2.45, 2.75) is 11.8 Å². The fraction of sp³-hybridized carbons (Fsp3) is 0.143. The van der Waals surface area contributed by atoms with Gasteiger partial charge in [-0.25, -0.2) is 4.21 Å². The van der Waals surface area contributed by atoms with Crippen LogP contribution in [0.3, 0.4) is 0 Å². The second-order valence-electron chi connectivity index (χ2n) is 2.06. The molecule has 0 fully saturated rings. The number of benzene rings is 1. The van der Waals surface area contributed by atoms with Gasteiger partial charge in [0.05, 0.1) is 4.90 Å². The third-order valence-corrected chi connectivity index (χ3v) is 1.90. The van der Waals surface area contributed by atoms with Gasteiger partial charge in [0.15, 0.2) is 11.1 Å². The van der Waals surface area contributed by atoms with Gasteiger partial charge in [-0.3, -0.25) is 0 Å². The van der Waals surface area contributed by atoms with Gasteiger partial charge >= 0.3 is 51.4 Å². The van der Waals surface area contributed by atoms with Gasteiger partial charge in [-0.1, -0.05) is 17.7 Å². The van der Waals surface area contributed by atoms with Gasteiger partial charge in [0, 0.05) is 0 Å². The van der Waals surface area contributed by atoms with Gasteiger partial charge in [0.2, 0.25) is 0 Å². The second kappa shape index (κ2) is 5.58. The predicted octanol–water partition coefficient (Wildman–Crippen LogP) is -1.31. The minimum Gasteiger partial charge on any atom is -1.00 e. The first-order valence-electron chi connectivity index (χ1n) is 2.87. The van der Waals surface area contributed by atoms with Crippen LogP contribution >= 0.6 is 0 Å². The van der Waals surface area contributed by atoms with Crippen LogP contribution in [0, 0.1) is 6.92 Å². The minimum atomic E-state index is -1.84. The van der Waals surface area contributed by atoms with Crippen LogP contribution in [0.1, 0.15) is 6.99 Å². The molecule has 1 rings (SSSR count). The molecule has 0 saturated heterocycles. The van der Waals surface area contributed by atoms with Crippen LogP contribution in [0.5, 0.6) is 0 Å². The first kappa shape index (κ1) is 12.0. The van der Waals surface area contributed by atoms with E-state index in [0.29, 0.717) is 4.90 Å². The Morgan fingerprint density at radius 3 is 2.18 bits per heavy atom. The van der Waals surface area contributed by atoms with Gasteiger partial charge in [0.1, 0.15) is 0 Å². The molecule has 0 heterocycles. The zero-order valence-corrected chi connectivity index (χ0v) is 10.5. The van der Waals surface area contributed by atoms with Crippen molar-refractivity contribution in [3.05, 3.63) is 29.8 Å². The molecule has 1 N–H and O–H groups in total. The molecule has 56 valence electrons. The standard InChI is InChI=1S/C7H8O2S.K.H/c1-6-2-4-7(5-3-6)10(8)9;;/h2-5H,1H3,(H,8,9);;/q;+1;-1. The summed E-state index contributed by atoms with van der Waals surface area (Å²) in [7, 11) is 0. The maximum Gasteiger partial charge on any atom is 1.00 e. The van der Waals surface area contributed by atoms with Crippen LogP contribution < -0.4 is 51.4 Å². The number of hydrogen-bond acceptors (Lipinski definition) is 1. The third-order valence-electron chi connectivity index (χ3n) is 1.22. The average Bonchev–Trinajstić information content (AvgIpc) is 1.88. The Kier molecular flexibility index (Phi) is 6.07. The zero-order valence-electron chi connectivity index (χ0n) is 7.57. The van der Waals surface area contributed by atoms with E-state index in [1.807, 2.05) is 19.1 Å². The maximum atomic E-state index is 10.4. The molecule has 0 aliphatic carbocycles. The summed E-state index contributed by atoms with van der Waals surface area (Å²) in [5.74, 6) is 0. The maximum absolute atomic E-state index is 10.4. The number of rotatable bonds is 1. The topological polar surface area (TPSA) is 37.3 Å². The monoisotopic (exact) mass is 196 g/mol. The van der Waals surface area contributed by atoms with E-state index < -0.39 is 11.1 Å². The van der Waals surface area contributed by atoms with Crippen LogP contribution in [-0.4, -0.2) is 8.76 Å². The molecule has 1 aromatic carbocycles.